The van der Waals surface area contributed by atoms with E-state index in [-0.39, 0.29) is 6.54 Å². The Labute approximate surface area is 100 Å². The summed E-state index contributed by atoms with van der Waals surface area (Å²) >= 11 is 0. The van der Waals surface area contributed by atoms with Gasteiger partial charge in [-0.25, -0.2) is 0 Å². The van der Waals surface area contributed by atoms with E-state index in [4.69, 9.17) is 15.6 Å². The van der Waals surface area contributed by atoms with Gasteiger partial charge in [0.1, 0.15) is 5.75 Å². The van der Waals surface area contributed by atoms with Gasteiger partial charge in [-0.1, -0.05) is 12.1 Å². The average molecular weight is 235 g/mol. The third kappa shape index (κ3) is 2.77. The lowest BCUT2D eigenvalue weighted by atomic mass is 9.96. The Morgan fingerprint density at radius 1 is 1.53 bits per heavy atom. The number of hydrogen-bond donors (Lipinski definition) is 2. The number of aliphatic carboxylic acids is 1. The van der Waals surface area contributed by atoms with Crippen molar-refractivity contribution in [1.82, 2.24) is 0 Å². The summed E-state index contributed by atoms with van der Waals surface area (Å²) in [5.41, 5.74) is 6.18. The van der Waals surface area contributed by atoms with Crippen molar-refractivity contribution in [3.05, 3.63) is 29.8 Å². The maximum atomic E-state index is 11.0. The molecule has 0 saturated heterocycles. The van der Waals surface area contributed by atoms with Crippen LogP contribution in [0.25, 0.3) is 0 Å². The van der Waals surface area contributed by atoms with Gasteiger partial charge in [0.25, 0.3) is 0 Å². The van der Waals surface area contributed by atoms with E-state index in [0.29, 0.717) is 11.7 Å². The highest BCUT2D eigenvalue weighted by Crippen LogP contribution is 2.27. The molecule has 0 heterocycles. The second-order valence-corrected chi connectivity index (χ2v) is 4.37. The molecule has 1 fully saturated rings. The Balaban J connectivity index is 2.11. The second kappa shape index (κ2) is 5.19. The van der Waals surface area contributed by atoms with Crippen LogP contribution in [-0.2, 0) is 4.79 Å². The highest BCUT2D eigenvalue weighted by molar-refractivity contribution is 5.76. The highest BCUT2D eigenvalue weighted by Gasteiger charge is 2.21. The lowest BCUT2D eigenvalue weighted by Gasteiger charge is -2.26. The summed E-state index contributed by atoms with van der Waals surface area (Å²) in [6.45, 7) is 0.0994. The number of carbonyl (C=O) groups is 1. The third-order valence-corrected chi connectivity index (χ3v) is 3.15. The molecule has 3 N–H and O–H groups in total. The number of ether oxygens (including phenoxy) is 1. The minimum atomic E-state index is -0.895. The summed E-state index contributed by atoms with van der Waals surface area (Å²) < 4.78 is 5.73. The first kappa shape index (κ1) is 11.9. The molecule has 1 aliphatic rings. The molecule has 0 radical (unpaired) electrons. The average Bonchev–Trinajstić information content (AvgIpc) is 2.25. The van der Waals surface area contributed by atoms with Crippen LogP contribution in [0.5, 0.6) is 5.75 Å². The van der Waals surface area contributed by atoms with Gasteiger partial charge >= 0.3 is 5.97 Å². The molecule has 1 aromatic carbocycles. The van der Waals surface area contributed by atoms with Crippen LogP contribution in [0.1, 0.15) is 30.7 Å². The predicted molar refractivity (Wildman–Crippen MR) is 64.1 cm³/mol. The largest absolute Gasteiger partial charge is 0.490 e. The van der Waals surface area contributed by atoms with Crippen molar-refractivity contribution >= 4 is 5.97 Å². The summed E-state index contributed by atoms with van der Waals surface area (Å²) in [4.78, 5) is 11.0. The number of benzene rings is 1. The van der Waals surface area contributed by atoms with Gasteiger partial charge in [0.2, 0.25) is 0 Å². The molecule has 4 nitrogen and oxygen atoms in total. The van der Waals surface area contributed by atoms with Gasteiger partial charge in [-0.2, -0.15) is 0 Å². The maximum Gasteiger partial charge on any atom is 0.312 e. The first-order valence-corrected chi connectivity index (χ1v) is 5.90. The Bertz CT molecular complexity index is 401. The van der Waals surface area contributed by atoms with Gasteiger partial charge in [0.05, 0.1) is 12.0 Å². The minimum absolute atomic E-state index is 0.0994. The number of rotatable bonds is 5. The van der Waals surface area contributed by atoms with Crippen molar-refractivity contribution in [3.8, 4) is 5.75 Å². The molecule has 92 valence electrons. The third-order valence-electron chi connectivity index (χ3n) is 3.15. The van der Waals surface area contributed by atoms with Crippen molar-refractivity contribution in [1.29, 1.82) is 0 Å². The molecule has 2 rings (SSSR count). The molecule has 1 unspecified atom stereocenters. The molecule has 17 heavy (non-hydrogen) atoms. The van der Waals surface area contributed by atoms with Crippen molar-refractivity contribution in [2.24, 2.45) is 5.73 Å². The zero-order chi connectivity index (χ0) is 12.3. The summed E-state index contributed by atoms with van der Waals surface area (Å²) in [6.07, 6.45) is 3.68. The van der Waals surface area contributed by atoms with E-state index >= 15 is 0 Å². The van der Waals surface area contributed by atoms with Crippen LogP contribution in [-0.4, -0.2) is 23.7 Å². The first-order chi connectivity index (χ1) is 8.20. The number of carboxylic acids is 1. The van der Waals surface area contributed by atoms with Crippen LogP contribution in [0.2, 0.25) is 0 Å². The molecule has 0 bridgehead atoms. The summed E-state index contributed by atoms with van der Waals surface area (Å²) in [5, 5.41) is 9.04. The van der Waals surface area contributed by atoms with Crippen LogP contribution >= 0.6 is 0 Å². The van der Waals surface area contributed by atoms with Crippen LogP contribution in [0, 0.1) is 0 Å². The SMILES string of the molecule is NCC(C(=O)O)c1cccc(OC2CCC2)c1. The zero-order valence-corrected chi connectivity index (χ0v) is 9.63. The Morgan fingerprint density at radius 2 is 2.29 bits per heavy atom. The van der Waals surface area contributed by atoms with E-state index in [1.54, 1.807) is 12.1 Å². The van der Waals surface area contributed by atoms with Gasteiger partial charge < -0.3 is 15.6 Å². The van der Waals surface area contributed by atoms with E-state index < -0.39 is 11.9 Å². The fourth-order valence-electron chi connectivity index (χ4n) is 1.87. The van der Waals surface area contributed by atoms with E-state index in [2.05, 4.69) is 0 Å². The van der Waals surface area contributed by atoms with Crippen molar-refractivity contribution in [3.63, 3.8) is 0 Å². The Morgan fingerprint density at radius 3 is 2.82 bits per heavy atom. The maximum absolute atomic E-state index is 11.0. The van der Waals surface area contributed by atoms with Crippen LogP contribution in [0.3, 0.4) is 0 Å². The van der Waals surface area contributed by atoms with Crippen molar-refractivity contribution < 1.29 is 14.6 Å². The van der Waals surface area contributed by atoms with Gasteiger partial charge in [-0.05, 0) is 37.0 Å². The molecule has 0 spiro atoms. The van der Waals surface area contributed by atoms with Crippen molar-refractivity contribution in [2.75, 3.05) is 6.54 Å². The predicted octanol–water partition coefficient (Wildman–Crippen LogP) is 1.74. The molecular weight excluding hydrogens is 218 g/mol. The molecule has 0 amide bonds. The molecule has 1 aliphatic carbocycles. The molecule has 4 heteroatoms. The second-order valence-electron chi connectivity index (χ2n) is 4.37. The lowest BCUT2D eigenvalue weighted by molar-refractivity contribution is -0.138. The van der Waals surface area contributed by atoms with E-state index in [9.17, 15) is 4.79 Å². The number of carboxylic acid groups (broad SMARTS) is 1. The first-order valence-electron chi connectivity index (χ1n) is 5.90. The molecule has 0 aliphatic heterocycles. The van der Waals surface area contributed by atoms with Crippen molar-refractivity contribution in [2.45, 2.75) is 31.3 Å². The summed E-state index contributed by atoms with van der Waals surface area (Å²) in [5.74, 6) is -0.805. The van der Waals surface area contributed by atoms with E-state index in [0.717, 1.165) is 18.6 Å². The van der Waals surface area contributed by atoms with E-state index in [1.807, 2.05) is 12.1 Å². The summed E-state index contributed by atoms with van der Waals surface area (Å²) in [7, 11) is 0. The lowest BCUT2D eigenvalue weighted by Crippen LogP contribution is -2.25. The van der Waals surface area contributed by atoms with Gasteiger partial charge in [-0.15, -0.1) is 0 Å². The standard InChI is InChI=1S/C13H17NO3/c14-8-12(13(15)16)9-3-1-6-11(7-9)17-10-4-2-5-10/h1,3,6-7,10,12H,2,4-5,8,14H2,(H,15,16). The quantitative estimate of drug-likeness (QED) is 0.815. The monoisotopic (exact) mass is 235 g/mol. The smallest absolute Gasteiger partial charge is 0.312 e. The molecule has 1 atom stereocenters. The van der Waals surface area contributed by atoms with Crippen LogP contribution in [0.15, 0.2) is 24.3 Å². The molecule has 0 aromatic heterocycles. The minimum Gasteiger partial charge on any atom is -0.490 e. The van der Waals surface area contributed by atoms with Crippen LogP contribution < -0.4 is 10.5 Å². The van der Waals surface area contributed by atoms with Gasteiger partial charge in [0, 0.05) is 6.54 Å². The van der Waals surface area contributed by atoms with E-state index in [1.165, 1.54) is 6.42 Å². The normalized spacial score (nSPS) is 17.2. The topological polar surface area (TPSA) is 72.6 Å². The highest BCUT2D eigenvalue weighted by atomic mass is 16.5. The number of nitrogens with two attached hydrogens (primary N) is 1. The Kier molecular flexibility index (Phi) is 3.64. The molecule has 1 saturated carbocycles. The van der Waals surface area contributed by atoms with Gasteiger partial charge in [0.15, 0.2) is 0 Å². The summed E-state index contributed by atoms with van der Waals surface area (Å²) in [6, 6.07) is 7.23. The number of hydrogen-bond acceptors (Lipinski definition) is 3. The Hall–Kier alpha value is -1.55. The fourth-order valence-corrected chi connectivity index (χ4v) is 1.87. The fraction of sp³-hybridized carbons (Fsp3) is 0.462. The molecular formula is C13H17NO3. The zero-order valence-electron chi connectivity index (χ0n) is 9.63. The van der Waals surface area contributed by atoms with Crippen LogP contribution in [0.4, 0.5) is 0 Å². The van der Waals surface area contributed by atoms with Gasteiger partial charge in [-0.3, -0.25) is 4.79 Å². The molecule has 1 aromatic rings.